The highest BCUT2D eigenvalue weighted by atomic mass is 32.2. The Morgan fingerprint density at radius 3 is 2.62 bits per heavy atom. The minimum absolute atomic E-state index is 0.111. The average Bonchev–Trinajstić information content (AvgIpc) is 3.05. The molecule has 1 heterocycles. The zero-order valence-corrected chi connectivity index (χ0v) is 15.2. The predicted molar refractivity (Wildman–Crippen MR) is 101 cm³/mol. The summed E-state index contributed by atoms with van der Waals surface area (Å²) in [5.74, 6) is 1.76. The zero-order valence-electron chi connectivity index (χ0n) is 14.4. The fraction of sp³-hybridized carbons (Fsp3) is 0.211. The highest BCUT2D eigenvalue weighted by Crippen LogP contribution is 2.12. The van der Waals surface area contributed by atoms with Crippen LogP contribution in [-0.4, -0.2) is 33.0 Å². The van der Waals surface area contributed by atoms with Crippen molar-refractivity contribution in [3.63, 3.8) is 0 Å². The van der Waals surface area contributed by atoms with Gasteiger partial charge >= 0.3 is 0 Å². The molecule has 0 fully saturated rings. The van der Waals surface area contributed by atoms with Crippen molar-refractivity contribution in [3.8, 4) is 5.69 Å². The molecule has 0 spiro atoms. The minimum atomic E-state index is -0.322. The van der Waals surface area contributed by atoms with Gasteiger partial charge < -0.3 is 5.32 Å². The van der Waals surface area contributed by atoms with Gasteiger partial charge in [0.1, 0.15) is 11.6 Å². The number of thioether (sulfide) groups is 1. The maximum Gasteiger partial charge on any atom is 0.291 e. The summed E-state index contributed by atoms with van der Waals surface area (Å²) in [4.78, 5) is 16.4. The SMILES string of the molecule is Cc1nc(C(=O)NCCSCc2ccccc2)nn1-c1ccc(F)cc1. The molecule has 7 heteroatoms. The van der Waals surface area contributed by atoms with Gasteiger partial charge in [0.25, 0.3) is 5.91 Å². The van der Waals surface area contributed by atoms with E-state index in [-0.39, 0.29) is 17.5 Å². The van der Waals surface area contributed by atoms with Crippen molar-refractivity contribution >= 4 is 17.7 Å². The van der Waals surface area contributed by atoms with Crippen molar-refractivity contribution in [2.24, 2.45) is 0 Å². The van der Waals surface area contributed by atoms with E-state index in [0.717, 1.165) is 11.5 Å². The smallest absolute Gasteiger partial charge is 0.291 e. The van der Waals surface area contributed by atoms with E-state index in [4.69, 9.17) is 0 Å². The van der Waals surface area contributed by atoms with Gasteiger partial charge in [-0.25, -0.2) is 14.1 Å². The summed E-state index contributed by atoms with van der Waals surface area (Å²) >= 11 is 1.75. The van der Waals surface area contributed by atoms with Crippen LogP contribution >= 0.6 is 11.8 Å². The molecular weight excluding hydrogens is 351 g/mol. The first-order valence-electron chi connectivity index (χ1n) is 8.23. The molecule has 0 saturated carbocycles. The van der Waals surface area contributed by atoms with Gasteiger partial charge in [0.15, 0.2) is 0 Å². The fourth-order valence-electron chi connectivity index (χ4n) is 2.39. The summed E-state index contributed by atoms with van der Waals surface area (Å²) in [7, 11) is 0. The Balaban J connectivity index is 1.50. The number of rotatable bonds is 7. The second-order valence-corrected chi connectivity index (χ2v) is 6.77. The highest BCUT2D eigenvalue weighted by molar-refractivity contribution is 7.98. The van der Waals surface area contributed by atoms with Crippen molar-refractivity contribution in [2.75, 3.05) is 12.3 Å². The topological polar surface area (TPSA) is 59.8 Å². The number of aryl methyl sites for hydroxylation is 1. The normalized spacial score (nSPS) is 10.7. The number of halogens is 1. The molecule has 5 nitrogen and oxygen atoms in total. The number of hydrogen-bond acceptors (Lipinski definition) is 4. The van der Waals surface area contributed by atoms with E-state index in [0.29, 0.717) is 18.1 Å². The second-order valence-electron chi connectivity index (χ2n) is 5.66. The maximum atomic E-state index is 13.0. The first-order valence-corrected chi connectivity index (χ1v) is 9.38. The Bertz CT molecular complexity index is 865. The van der Waals surface area contributed by atoms with Crippen LogP contribution in [-0.2, 0) is 5.75 Å². The summed E-state index contributed by atoms with van der Waals surface area (Å²) in [5.41, 5.74) is 1.92. The van der Waals surface area contributed by atoms with Gasteiger partial charge in [0.2, 0.25) is 5.82 Å². The summed E-state index contributed by atoms with van der Waals surface area (Å²) in [5, 5.41) is 7.05. The second kappa shape index (κ2) is 8.62. The van der Waals surface area contributed by atoms with Crippen LogP contribution in [0.15, 0.2) is 54.6 Å². The van der Waals surface area contributed by atoms with Gasteiger partial charge in [0, 0.05) is 18.1 Å². The van der Waals surface area contributed by atoms with Gasteiger partial charge in [-0.2, -0.15) is 11.8 Å². The third-order valence-corrected chi connectivity index (χ3v) is 4.72. The Morgan fingerprint density at radius 1 is 1.15 bits per heavy atom. The van der Waals surface area contributed by atoms with E-state index in [1.54, 1.807) is 30.8 Å². The number of carbonyl (C=O) groups is 1. The van der Waals surface area contributed by atoms with Crippen LogP contribution in [0, 0.1) is 12.7 Å². The van der Waals surface area contributed by atoms with Crippen LogP contribution < -0.4 is 5.32 Å². The van der Waals surface area contributed by atoms with Crippen molar-refractivity contribution in [2.45, 2.75) is 12.7 Å². The number of amides is 1. The molecule has 0 aliphatic rings. The fourth-order valence-corrected chi connectivity index (χ4v) is 3.21. The van der Waals surface area contributed by atoms with E-state index in [2.05, 4.69) is 27.5 Å². The molecule has 0 aliphatic heterocycles. The molecule has 0 atom stereocenters. The lowest BCUT2D eigenvalue weighted by molar-refractivity contribution is 0.0946. The molecule has 0 unspecified atom stereocenters. The van der Waals surface area contributed by atoms with Gasteiger partial charge in [-0.3, -0.25) is 4.79 Å². The van der Waals surface area contributed by atoms with E-state index < -0.39 is 0 Å². The molecule has 3 aromatic rings. The predicted octanol–water partition coefficient (Wildman–Crippen LogP) is 3.38. The molecule has 3 rings (SSSR count). The quantitative estimate of drug-likeness (QED) is 0.648. The Morgan fingerprint density at radius 2 is 1.88 bits per heavy atom. The van der Waals surface area contributed by atoms with E-state index in [1.807, 2.05) is 18.2 Å². The molecule has 1 N–H and O–H groups in total. The van der Waals surface area contributed by atoms with Crippen molar-refractivity contribution in [1.29, 1.82) is 0 Å². The molecular formula is C19H19FN4OS. The van der Waals surface area contributed by atoms with Gasteiger partial charge in [-0.05, 0) is 36.8 Å². The number of nitrogens with zero attached hydrogens (tertiary/aromatic N) is 3. The van der Waals surface area contributed by atoms with Crippen molar-refractivity contribution in [3.05, 3.63) is 77.6 Å². The number of benzene rings is 2. The first kappa shape index (κ1) is 18.1. The molecule has 2 aromatic carbocycles. The lowest BCUT2D eigenvalue weighted by Crippen LogP contribution is -2.27. The Labute approximate surface area is 155 Å². The van der Waals surface area contributed by atoms with Crippen molar-refractivity contribution in [1.82, 2.24) is 20.1 Å². The number of aromatic nitrogens is 3. The number of carbonyl (C=O) groups excluding carboxylic acids is 1. The third-order valence-electron chi connectivity index (χ3n) is 3.69. The van der Waals surface area contributed by atoms with Gasteiger partial charge in [0.05, 0.1) is 5.69 Å². The lowest BCUT2D eigenvalue weighted by atomic mass is 10.2. The molecule has 0 saturated heterocycles. The van der Waals surface area contributed by atoms with Crippen LogP contribution in [0.25, 0.3) is 5.69 Å². The maximum absolute atomic E-state index is 13.0. The minimum Gasteiger partial charge on any atom is -0.348 e. The Kier molecular flexibility index (Phi) is 6.01. The monoisotopic (exact) mass is 370 g/mol. The molecule has 0 aliphatic carbocycles. The van der Waals surface area contributed by atoms with Crippen LogP contribution in [0.5, 0.6) is 0 Å². The number of nitrogens with one attached hydrogen (secondary N) is 1. The van der Waals surface area contributed by atoms with Gasteiger partial charge in [-0.15, -0.1) is 5.10 Å². The van der Waals surface area contributed by atoms with E-state index >= 15 is 0 Å². The molecule has 1 amide bonds. The van der Waals surface area contributed by atoms with E-state index in [9.17, 15) is 9.18 Å². The third kappa shape index (κ3) is 4.70. The summed E-state index contributed by atoms with van der Waals surface area (Å²) in [6.45, 7) is 2.29. The van der Waals surface area contributed by atoms with Crippen molar-refractivity contribution < 1.29 is 9.18 Å². The van der Waals surface area contributed by atoms with Crippen LogP contribution in [0.1, 0.15) is 22.0 Å². The standard InChI is InChI=1S/C19H19FN4OS/c1-14-22-18(23-24(14)17-9-7-16(20)8-10-17)19(25)21-11-12-26-13-15-5-3-2-4-6-15/h2-10H,11-13H2,1H3,(H,21,25). The summed E-state index contributed by atoms with van der Waals surface area (Å²) < 4.78 is 14.6. The lowest BCUT2D eigenvalue weighted by Gasteiger charge is -2.03. The zero-order chi connectivity index (χ0) is 18.4. The van der Waals surface area contributed by atoms with Crippen LogP contribution in [0.4, 0.5) is 4.39 Å². The van der Waals surface area contributed by atoms with Crippen LogP contribution in [0.2, 0.25) is 0 Å². The molecule has 0 bridgehead atoms. The van der Waals surface area contributed by atoms with Gasteiger partial charge in [-0.1, -0.05) is 30.3 Å². The largest absolute Gasteiger partial charge is 0.348 e. The molecule has 0 radical (unpaired) electrons. The molecule has 1 aromatic heterocycles. The first-order chi connectivity index (χ1) is 12.6. The average molecular weight is 370 g/mol. The summed E-state index contributed by atoms with van der Waals surface area (Å²) in [6.07, 6.45) is 0. The van der Waals surface area contributed by atoms with E-state index in [1.165, 1.54) is 22.4 Å². The molecule has 134 valence electrons. The van der Waals surface area contributed by atoms with Crippen LogP contribution in [0.3, 0.4) is 0 Å². The Hall–Kier alpha value is -2.67. The highest BCUT2D eigenvalue weighted by Gasteiger charge is 2.14. The summed E-state index contributed by atoms with van der Waals surface area (Å²) in [6, 6.07) is 16.1. The molecule has 26 heavy (non-hydrogen) atoms. The number of hydrogen-bond donors (Lipinski definition) is 1.